The summed E-state index contributed by atoms with van der Waals surface area (Å²) in [7, 11) is 0. The van der Waals surface area contributed by atoms with Crippen LogP contribution < -0.4 is 0 Å². The van der Waals surface area contributed by atoms with E-state index in [0.717, 1.165) is 0 Å². The molecule has 0 N–H and O–H groups in total. The molecule has 168 valence electrons. The molecule has 2 heterocycles. The van der Waals surface area contributed by atoms with Gasteiger partial charge in [0.1, 0.15) is 0 Å². The fraction of sp³-hybridized carbons (Fsp3) is 0. The van der Waals surface area contributed by atoms with Crippen molar-refractivity contribution in [1.29, 1.82) is 0 Å². The molecule has 0 saturated heterocycles. The van der Waals surface area contributed by atoms with E-state index in [9.17, 15) is 0 Å². The summed E-state index contributed by atoms with van der Waals surface area (Å²) in [6.07, 6.45) is 0. The molecular weight excluding hydrogens is 454 g/mol. The highest BCUT2D eigenvalue weighted by Crippen LogP contribution is 2.46. The van der Waals surface area contributed by atoms with Gasteiger partial charge in [0.05, 0.1) is 16.7 Å². The molecule has 0 bridgehead atoms. The Bertz CT molecular complexity index is 2090. The maximum atomic E-state index is 2.51. The van der Waals surface area contributed by atoms with Crippen LogP contribution in [-0.4, -0.2) is 4.57 Å². The zero-order valence-corrected chi connectivity index (χ0v) is 20.3. The van der Waals surface area contributed by atoms with E-state index in [1.54, 1.807) is 0 Å². The Labute approximate surface area is 212 Å². The Kier molecular flexibility index (Phi) is 4.16. The van der Waals surface area contributed by atoms with E-state index in [2.05, 4.69) is 131 Å². The standard InChI is InChI=1S/C34H21NS/c1-2-10-22(11-3-1)24-12-8-9-17-29(24)35-30-19-18-23-20-21-36-34(23)32(30)31-27-15-6-4-13-25(27)26-14-5-7-16-28(26)33(31)35/h1-21H. The number of aromatic nitrogens is 1. The maximum absolute atomic E-state index is 2.51. The fourth-order valence-corrected chi connectivity index (χ4v) is 6.91. The van der Waals surface area contributed by atoms with Crippen molar-refractivity contribution in [3.8, 4) is 16.8 Å². The van der Waals surface area contributed by atoms with Crippen molar-refractivity contribution in [2.75, 3.05) is 0 Å². The van der Waals surface area contributed by atoms with Crippen LogP contribution in [0.1, 0.15) is 0 Å². The Morgan fingerprint density at radius 3 is 2.00 bits per heavy atom. The molecular formula is C34H21NS. The number of rotatable bonds is 2. The van der Waals surface area contributed by atoms with Crippen molar-refractivity contribution >= 4 is 64.8 Å². The molecule has 1 nitrogen and oxygen atoms in total. The molecule has 0 aliphatic heterocycles. The summed E-state index contributed by atoms with van der Waals surface area (Å²) in [5.41, 5.74) is 6.21. The third-order valence-corrected chi connectivity index (χ3v) is 8.40. The molecule has 0 atom stereocenters. The van der Waals surface area contributed by atoms with E-state index in [4.69, 9.17) is 0 Å². The molecule has 0 radical (unpaired) electrons. The van der Waals surface area contributed by atoms with E-state index < -0.39 is 0 Å². The lowest BCUT2D eigenvalue weighted by Gasteiger charge is -2.16. The van der Waals surface area contributed by atoms with Gasteiger partial charge in [-0.05, 0) is 50.7 Å². The number of benzene rings is 6. The highest BCUT2D eigenvalue weighted by Gasteiger charge is 2.22. The number of nitrogens with zero attached hydrogens (tertiary/aromatic N) is 1. The predicted octanol–water partition coefficient (Wildman–Crippen LogP) is 9.97. The highest BCUT2D eigenvalue weighted by atomic mass is 32.1. The van der Waals surface area contributed by atoms with Crippen LogP contribution in [0.2, 0.25) is 0 Å². The van der Waals surface area contributed by atoms with Gasteiger partial charge in [0.2, 0.25) is 0 Å². The van der Waals surface area contributed by atoms with Crippen molar-refractivity contribution in [3.63, 3.8) is 0 Å². The maximum Gasteiger partial charge on any atom is 0.0626 e. The van der Waals surface area contributed by atoms with Gasteiger partial charge in [-0.1, -0.05) is 103 Å². The van der Waals surface area contributed by atoms with Gasteiger partial charge in [-0.25, -0.2) is 0 Å². The first-order chi connectivity index (χ1) is 17.9. The van der Waals surface area contributed by atoms with Gasteiger partial charge in [0, 0.05) is 26.4 Å². The quantitative estimate of drug-likeness (QED) is 0.219. The summed E-state index contributed by atoms with van der Waals surface area (Å²) in [6, 6.07) is 44.2. The summed E-state index contributed by atoms with van der Waals surface area (Å²) in [5.74, 6) is 0. The summed E-state index contributed by atoms with van der Waals surface area (Å²) in [5, 5.41) is 11.4. The van der Waals surface area contributed by atoms with Crippen molar-refractivity contribution < 1.29 is 0 Å². The molecule has 8 aromatic rings. The molecule has 0 aliphatic rings. The van der Waals surface area contributed by atoms with Gasteiger partial charge in [0.15, 0.2) is 0 Å². The van der Waals surface area contributed by atoms with E-state index in [-0.39, 0.29) is 0 Å². The average Bonchev–Trinajstić information content (AvgIpc) is 3.56. The first kappa shape index (κ1) is 19.9. The molecule has 0 unspecified atom stereocenters. The molecule has 36 heavy (non-hydrogen) atoms. The minimum absolute atomic E-state index is 1.21. The van der Waals surface area contributed by atoms with Crippen molar-refractivity contribution in [2.24, 2.45) is 0 Å². The minimum Gasteiger partial charge on any atom is -0.308 e. The van der Waals surface area contributed by atoms with Gasteiger partial charge in [-0.3, -0.25) is 0 Å². The monoisotopic (exact) mass is 475 g/mol. The second-order valence-electron chi connectivity index (χ2n) is 9.33. The molecule has 0 spiro atoms. The molecule has 8 rings (SSSR count). The van der Waals surface area contributed by atoms with Gasteiger partial charge < -0.3 is 4.57 Å². The Morgan fingerprint density at radius 1 is 0.500 bits per heavy atom. The first-order valence-corrected chi connectivity index (χ1v) is 13.2. The molecule has 0 saturated carbocycles. The fourth-order valence-electron chi connectivity index (χ4n) is 5.96. The first-order valence-electron chi connectivity index (χ1n) is 12.3. The number of fused-ring (bicyclic) bond motifs is 10. The SMILES string of the molecule is c1ccc(-c2ccccc2-n2c3ccc4ccsc4c3c3c4ccccc4c4ccccc4c32)cc1. The predicted molar refractivity (Wildman–Crippen MR) is 157 cm³/mol. The van der Waals surface area contributed by atoms with Gasteiger partial charge >= 0.3 is 0 Å². The topological polar surface area (TPSA) is 4.93 Å². The van der Waals surface area contributed by atoms with Crippen molar-refractivity contribution in [3.05, 3.63) is 127 Å². The zero-order valence-electron chi connectivity index (χ0n) is 19.5. The summed E-state index contributed by atoms with van der Waals surface area (Å²) in [4.78, 5) is 0. The molecule has 2 heteroatoms. The number of hydrogen-bond donors (Lipinski definition) is 0. The van der Waals surface area contributed by atoms with Gasteiger partial charge in [-0.2, -0.15) is 0 Å². The van der Waals surface area contributed by atoms with Gasteiger partial charge in [0.25, 0.3) is 0 Å². The lowest BCUT2D eigenvalue weighted by atomic mass is 9.96. The summed E-state index contributed by atoms with van der Waals surface area (Å²) in [6.45, 7) is 0. The summed E-state index contributed by atoms with van der Waals surface area (Å²) < 4.78 is 3.87. The second kappa shape index (κ2) is 7.55. The van der Waals surface area contributed by atoms with E-state index >= 15 is 0 Å². The van der Waals surface area contributed by atoms with Crippen LogP contribution in [0, 0.1) is 0 Å². The summed E-state index contributed by atoms with van der Waals surface area (Å²) >= 11 is 1.84. The average molecular weight is 476 g/mol. The lowest BCUT2D eigenvalue weighted by Crippen LogP contribution is -1.97. The molecule has 6 aromatic carbocycles. The second-order valence-corrected chi connectivity index (χ2v) is 10.2. The van der Waals surface area contributed by atoms with Crippen molar-refractivity contribution in [1.82, 2.24) is 4.57 Å². The number of hydrogen-bond acceptors (Lipinski definition) is 1. The van der Waals surface area contributed by atoms with Crippen LogP contribution in [0.4, 0.5) is 0 Å². The van der Waals surface area contributed by atoms with Crippen LogP contribution >= 0.6 is 11.3 Å². The van der Waals surface area contributed by atoms with Gasteiger partial charge in [-0.15, -0.1) is 11.3 Å². The minimum atomic E-state index is 1.21. The molecule has 0 amide bonds. The smallest absolute Gasteiger partial charge is 0.0626 e. The highest BCUT2D eigenvalue weighted by molar-refractivity contribution is 7.18. The normalized spacial score (nSPS) is 11.9. The third kappa shape index (κ3) is 2.65. The van der Waals surface area contributed by atoms with Crippen LogP contribution in [0.15, 0.2) is 127 Å². The van der Waals surface area contributed by atoms with Crippen LogP contribution in [0.5, 0.6) is 0 Å². The van der Waals surface area contributed by atoms with E-state index in [0.29, 0.717) is 0 Å². The lowest BCUT2D eigenvalue weighted by molar-refractivity contribution is 1.19. The Balaban J connectivity index is 1.70. The Hall–Kier alpha value is -4.40. The largest absolute Gasteiger partial charge is 0.308 e. The Morgan fingerprint density at radius 2 is 1.17 bits per heavy atom. The van der Waals surface area contributed by atoms with Crippen LogP contribution in [-0.2, 0) is 0 Å². The molecule has 0 aliphatic carbocycles. The van der Waals surface area contributed by atoms with Crippen LogP contribution in [0.25, 0.3) is 70.3 Å². The zero-order chi connectivity index (χ0) is 23.6. The molecule has 0 fully saturated rings. The number of para-hydroxylation sites is 1. The van der Waals surface area contributed by atoms with E-state index in [1.165, 1.54) is 70.3 Å². The number of thiophene rings is 1. The van der Waals surface area contributed by atoms with E-state index in [1.807, 2.05) is 11.3 Å². The van der Waals surface area contributed by atoms with Crippen LogP contribution in [0.3, 0.4) is 0 Å². The third-order valence-electron chi connectivity index (χ3n) is 7.45. The molecule has 2 aromatic heterocycles. The van der Waals surface area contributed by atoms with Crippen molar-refractivity contribution in [2.45, 2.75) is 0 Å².